The van der Waals surface area contributed by atoms with Crippen LogP contribution in [0.15, 0.2) is 66.0 Å². The van der Waals surface area contributed by atoms with Crippen molar-refractivity contribution in [3.05, 3.63) is 94.3 Å². The Morgan fingerprint density at radius 1 is 1.09 bits per heavy atom. The Morgan fingerprint density at radius 3 is 2.50 bits per heavy atom. The maximum atomic E-state index is 12.6. The molecular formula is C25H28N4O3. The maximum Gasteiger partial charge on any atom is 0.339 e. The molecule has 0 radical (unpaired) electrons. The van der Waals surface area contributed by atoms with Crippen molar-refractivity contribution in [2.75, 3.05) is 20.7 Å². The summed E-state index contributed by atoms with van der Waals surface area (Å²) in [7, 11) is 3.45. The minimum atomic E-state index is -0.343. The molecule has 1 heterocycles. The van der Waals surface area contributed by atoms with E-state index in [1.165, 1.54) is 0 Å². The zero-order chi connectivity index (χ0) is 23.1. The largest absolute Gasteiger partial charge is 0.462 e. The highest BCUT2D eigenvalue weighted by molar-refractivity contribution is 5.94. The van der Waals surface area contributed by atoms with Gasteiger partial charge in [-0.25, -0.2) is 4.79 Å². The number of nitrogens with zero attached hydrogens (tertiary/aromatic N) is 3. The van der Waals surface area contributed by atoms with Crippen LogP contribution in [0.5, 0.6) is 0 Å². The molecule has 0 aliphatic heterocycles. The van der Waals surface area contributed by atoms with Crippen LogP contribution >= 0.6 is 0 Å². The second-order valence-electron chi connectivity index (χ2n) is 7.69. The normalized spacial score (nSPS) is 11.0. The van der Waals surface area contributed by atoms with Gasteiger partial charge in [0, 0.05) is 38.6 Å². The summed E-state index contributed by atoms with van der Waals surface area (Å²) in [6.07, 6.45) is 5.94. The third-order valence-corrected chi connectivity index (χ3v) is 5.00. The van der Waals surface area contributed by atoms with Crippen molar-refractivity contribution in [1.29, 1.82) is 0 Å². The fourth-order valence-corrected chi connectivity index (χ4v) is 3.49. The quantitative estimate of drug-likeness (QED) is 0.256. The molecule has 0 fully saturated rings. The Hall–Kier alpha value is -3.87. The monoisotopic (exact) mass is 432 g/mol. The van der Waals surface area contributed by atoms with Crippen LogP contribution in [0.2, 0.25) is 0 Å². The number of carbonyl (C=O) groups is 2. The fraction of sp³-hybridized carbons (Fsp3) is 0.240. The van der Waals surface area contributed by atoms with Crippen molar-refractivity contribution in [1.82, 2.24) is 9.47 Å². The molecule has 0 aliphatic carbocycles. The molecule has 3 aromatic rings. The van der Waals surface area contributed by atoms with Crippen LogP contribution < -0.4 is 5.84 Å². The van der Waals surface area contributed by atoms with E-state index in [9.17, 15) is 9.59 Å². The Bertz CT molecular complexity index is 1110. The number of amides is 1. The van der Waals surface area contributed by atoms with Crippen molar-refractivity contribution in [3.63, 3.8) is 0 Å². The summed E-state index contributed by atoms with van der Waals surface area (Å²) in [5, 5.41) is 3.57. The first-order valence-electron chi connectivity index (χ1n) is 10.4. The van der Waals surface area contributed by atoms with Gasteiger partial charge in [-0.05, 0) is 53.8 Å². The summed E-state index contributed by atoms with van der Waals surface area (Å²) in [4.78, 5) is 26.2. The minimum absolute atomic E-state index is 0.0446. The van der Waals surface area contributed by atoms with Gasteiger partial charge in [0.15, 0.2) is 0 Å². The highest BCUT2D eigenvalue weighted by Crippen LogP contribution is 2.19. The highest BCUT2D eigenvalue weighted by Gasteiger charge is 2.17. The van der Waals surface area contributed by atoms with Gasteiger partial charge in [-0.2, -0.15) is 5.10 Å². The van der Waals surface area contributed by atoms with Crippen molar-refractivity contribution >= 4 is 18.1 Å². The lowest BCUT2D eigenvalue weighted by molar-refractivity contribution is 0.0525. The second-order valence-corrected chi connectivity index (χ2v) is 7.69. The van der Waals surface area contributed by atoms with Gasteiger partial charge in [0.1, 0.15) is 0 Å². The average Bonchev–Trinajstić information content (AvgIpc) is 3.16. The molecular weight excluding hydrogens is 404 g/mol. The standard InChI is InChI=1S/C25H28N4O3/c1-4-32-25(31)23-17-29(15-20-7-5-6-19(12-20)14-27-26)16-22(23)13-18-8-10-21(11-9-18)24(30)28(2)3/h5-12,14,16-17H,4,13,15,26H2,1-3H3. The van der Waals surface area contributed by atoms with E-state index >= 15 is 0 Å². The van der Waals surface area contributed by atoms with Crippen LogP contribution in [-0.4, -0.2) is 48.3 Å². The van der Waals surface area contributed by atoms with Gasteiger partial charge in [0.2, 0.25) is 0 Å². The Labute approximate surface area is 188 Å². The molecule has 3 rings (SSSR count). The highest BCUT2D eigenvalue weighted by atomic mass is 16.5. The molecule has 2 aromatic carbocycles. The summed E-state index contributed by atoms with van der Waals surface area (Å²) in [6, 6.07) is 15.3. The van der Waals surface area contributed by atoms with Crippen molar-refractivity contribution in [3.8, 4) is 0 Å². The number of hydrogen-bond acceptors (Lipinski definition) is 5. The summed E-state index contributed by atoms with van der Waals surface area (Å²) < 4.78 is 7.24. The zero-order valence-corrected chi connectivity index (χ0v) is 18.6. The minimum Gasteiger partial charge on any atom is -0.462 e. The fourth-order valence-electron chi connectivity index (χ4n) is 3.49. The van der Waals surface area contributed by atoms with Crippen molar-refractivity contribution < 1.29 is 14.3 Å². The van der Waals surface area contributed by atoms with Gasteiger partial charge in [0.25, 0.3) is 5.91 Å². The first-order chi connectivity index (χ1) is 15.4. The number of hydrogen-bond donors (Lipinski definition) is 1. The summed E-state index contributed by atoms with van der Waals surface area (Å²) in [6.45, 7) is 2.69. The van der Waals surface area contributed by atoms with Crippen molar-refractivity contribution in [2.45, 2.75) is 19.9 Å². The van der Waals surface area contributed by atoms with Gasteiger partial charge in [-0.3, -0.25) is 4.79 Å². The first kappa shape index (κ1) is 22.8. The third-order valence-electron chi connectivity index (χ3n) is 5.00. The second kappa shape index (κ2) is 10.4. The summed E-state index contributed by atoms with van der Waals surface area (Å²) in [5.74, 6) is 4.87. The molecule has 0 bridgehead atoms. The van der Waals surface area contributed by atoms with E-state index in [1.807, 2.05) is 65.5 Å². The molecule has 2 N–H and O–H groups in total. The number of benzene rings is 2. The van der Waals surface area contributed by atoms with Crippen LogP contribution in [0.4, 0.5) is 0 Å². The topological polar surface area (TPSA) is 89.9 Å². The molecule has 0 saturated heterocycles. The maximum absolute atomic E-state index is 12.6. The molecule has 0 spiro atoms. The molecule has 1 amide bonds. The Morgan fingerprint density at radius 2 is 1.84 bits per heavy atom. The number of nitrogens with two attached hydrogens (primary N) is 1. The molecule has 166 valence electrons. The predicted octanol–water partition coefficient (Wildman–Crippen LogP) is 3.30. The van der Waals surface area contributed by atoms with Gasteiger partial charge in [-0.1, -0.05) is 30.3 Å². The lowest BCUT2D eigenvalue weighted by Gasteiger charge is -2.10. The lowest BCUT2D eigenvalue weighted by atomic mass is 10.0. The van der Waals surface area contributed by atoms with E-state index in [-0.39, 0.29) is 11.9 Å². The van der Waals surface area contributed by atoms with Crippen LogP contribution in [-0.2, 0) is 17.7 Å². The first-order valence-corrected chi connectivity index (χ1v) is 10.4. The summed E-state index contributed by atoms with van der Waals surface area (Å²) in [5.41, 5.74) is 5.02. The van der Waals surface area contributed by atoms with Crippen LogP contribution in [0.1, 0.15) is 49.9 Å². The molecule has 0 atom stereocenters. The zero-order valence-electron chi connectivity index (χ0n) is 18.6. The number of hydrazone groups is 1. The van der Waals surface area contributed by atoms with E-state index in [4.69, 9.17) is 10.6 Å². The number of carbonyl (C=O) groups excluding carboxylic acids is 2. The number of aromatic nitrogens is 1. The molecule has 7 heteroatoms. The van der Waals surface area contributed by atoms with Crippen molar-refractivity contribution in [2.24, 2.45) is 10.9 Å². The SMILES string of the molecule is CCOC(=O)c1cn(Cc2cccc(C=NN)c2)cc1Cc1ccc(C(=O)N(C)C)cc1. The molecule has 0 aliphatic rings. The van der Waals surface area contributed by atoms with E-state index in [1.54, 1.807) is 32.1 Å². The number of ether oxygens (including phenoxy) is 1. The molecule has 0 unspecified atom stereocenters. The van der Waals surface area contributed by atoms with E-state index in [0.29, 0.717) is 30.7 Å². The summed E-state index contributed by atoms with van der Waals surface area (Å²) >= 11 is 0. The van der Waals surface area contributed by atoms with Gasteiger partial charge in [-0.15, -0.1) is 0 Å². The van der Waals surface area contributed by atoms with Gasteiger partial charge < -0.3 is 20.0 Å². The predicted molar refractivity (Wildman–Crippen MR) is 125 cm³/mol. The van der Waals surface area contributed by atoms with Crippen LogP contribution in [0.3, 0.4) is 0 Å². The third kappa shape index (κ3) is 5.63. The molecule has 32 heavy (non-hydrogen) atoms. The number of rotatable bonds is 8. The molecule has 0 saturated carbocycles. The van der Waals surface area contributed by atoms with Crippen LogP contribution in [0, 0.1) is 0 Å². The average molecular weight is 433 g/mol. The smallest absolute Gasteiger partial charge is 0.339 e. The van der Waals surface area contributed by atoms with Gasteiger partial charge in [0.05, 0.1) is 18.4 Å². The van der Waals surface area contributed by atoms with E-state index in [2.05, 4.69) is 5.10 Å². The Balaban J connectivity index is 1.86. The molecule has 7 nitrogen and oxygen atoms in total. The lowest BCUT2D eigenvalue weighted by Crippen LogP contribution is -2.21. The Kier molecular flexibility index (Phi) is 7.44. The van der Waals surface area contributed by atoms with E-state index < -0.39 is 0 Å². The molecule has 1 aromatic heterocycles. The van der Waals surface area contributed by atoms with Crippen LogP contribution in [0.25, 0.3) is 0 Å². The number of esters is 1. The van der Waals surface area contributed by atoms with E-state index in [0.717, 1.165) is 22.3 Å². The van der Waals surface area contributed by atoms with Gasteiger partial charge >= 0.3 is 5.97 Å².